The highest BCUT2D eigenvalue weighted by Crippen LogP contribution is 2.39. The number of hydrogen-bond donors (Lipinski definition) is 2. The van der Waals surface area contributed by atoms with E-state index < -0.39 is 0 Å². The average Bonchev–Trinajstić information content (AvgIpc) is 3.36. The van der Waals surface area contributed by atoms with E-state index >= 15 is 0 Å². The van der Waals surface area contributed by atoms with Crippen LogP contribution in [0.4, 0.5) is 5.69 Å². The van der Waals surface area contributed by atoms with E-state index in [0.29, 0.717) is 24.4 Å². The minimum atomic E-state index is -0.259. The molecule has 1 saturated carbocycles. The minimum absolute atomic E-state index is 0.0535. The monoisotopic (exact) mass is 380 g/mol. The zero-order chi connectivity index (χ0) is 19.3. The molecule has 1 heterocycles. The number of anilines is 1. The Morgan fingerprint density at radius 1 is 0.964 bits per heavy atom. The molecule has 6 nitrogen and oxygen atoms in total. The fourth-order valence-electron chi connectivity index (χ4n) is 3.39. The molecule has 1 saturated heterocycles. The summed E-state index contributed by atoms with van der Waals surface area (Å²) in [5, 5.41) is 5.78. The van der Waals surface area contributed by atoms with Crippen molar-refractivity contribution in [1.82, 2.24) is 5.32 Å². The van der Waals surface area contributed by atoms with Gasteiger partial charge in [-0.1, -0.05) is 18.2 Å². The van der Waals surface area contributed by atoms with Crippen LogP contribution in [0, 0.1) is 11.8 Å². The smallest absolute Gasteiger partial charge is 0.228 e. The summed E-state index contributed by atoms with van der Waals surface area (Å²) in [7, 11) is 0. The molecule has 3 unspecified atom stereocenters. The van der Waals surface area contributed by atoms with E-state index in [-0.39, 0.29) is 29.8 Å². The number of ether oxygens (including phenoxy) is 2. The minimum Gasteiger partial charge on any atom is -0.457 e. The molecule has 0 bridgehead atoms. The summed E-state index contributed by atoms with van der Waals surface area (Å²) in [4.78, 5) is 24.6. The van der Waals surface area contributed by atoms with Gasteiger partial charge in [0.25, 0.3) is 0 Å². The molecule has 2 aromatic carbocycles. The van der Waals surface area contributed by atoms with Gasteiger partial charge in [0.15, 0.2) is 0 Å². The molecular formula is C22H24N2O4. The molecule has 0 aromatic heterocycles. The quantitative estimate of drug-likeness (QED) is 0.772. The second kappa shape index (κ2) is 8.44. The summed E-state index contributed by atoms with van der Waals surface area (Å²) in [5.41, 5.74) is 0.691. The van der Waals surface area contributed by atoms with Crippen LogP contribution in [0.5, 0.6) is 11.5 Å². The topological polar surface area (TPSA) is 76.7 Å². The van der Waals surface area contributed by atoms with Gasteiger partial charge in [0.05, 0.1) is 17.9 Å². The molecule has 0 radical (unpaired) electrons. The van der Waals surface area contributed by atoms with Crippen LogP contribution < -0.4 is 15.4 Å². The van der Waals surface area contributed by atoms with Gasteiger partial charge in [0.1, 0.15) is 11.5 Å². The summed E-state index contributed by atoms with van der Waals surface area (Å²) in [6.07, 6.45) is 2.74. The second-order valence-corrected chi connectivity index (χ2v) is 7.26. The van der Waals surface area contributed by atoms with Gasteiger partial charge in [0, 0.05) is 18.8 Å². The highest BCUT2D eigenvalue weighted by molar-refractivity contribution is 5.99. The fourth-order valence-corrected chi connectivity index (χ4v) is 3.39. The Labute approximate surface area is 164 Å². The number of rotatable bonds is 7. The first-order valence-corrected chi connectivity index (χ1v) is 9.72. The maximum absolute atomic E-state index is 12.4. The van der Waals surface area contributed by atoms with Crippen LogP contribution in [0.15, 0.2) is 54.6 Å². The number of hydrogen-bond acceptors (Lipinski definition) is 4. The maximum Gasteiger partial charge on any atom is 0.228 e. The number of carbonyl (C=O) groups is 2. The van der Waals surface area contributed by atoms with Gasteiger partial charge in [-0.3, -0.25) is 9.59 Å². The fraction of sp³-hybridized carbons (Fsp3) is 0.364. The number of nitrogens with one attached hydrogen (secondary N) is 2. The highest BCUT2D eigenvalue weighted by Gasteiger charge is 2.48. The van der Waals surface area contributed by atoms with Gasteiger partial charge in [0.2, 0.25) is 11.8 Å². The Morgan fingerprint density at radius 3 is 2.39 bits per heavy atom. The van der Waals surface area contributed by atoms with Gasteiger partial charge < -0.3 is 20.1 Å². The molecule has 2 aromatic rings. The van der Waals surface area contributed by atoms with Gasteiger partial charge >= 0.3 is 0 Å². The first-order valence-electron chi connectivity index (χ1n) is 9.72. The highest BCUT2D eigenvalue weighted by atomic mass is 16.5. The lowest BCUT2D eigenvalue weighted by atomic mass is 10.2. The average molecular weight is 380 g/mol. The Bertz CT molecular complexity index is 816. The van der Waals surface area contributed by atoms with E-state index in [1.807, 2.05) is 30.3 Å². The molecule has 1 aliphatic carbocycles. The van der Waals surface area contributed by atoms with Crippen molar-refractivity contribution in [3.05, 3.63) is 54.6 Å². The molecule has 2 aliphatic rings. The molecule has 6 heteroatoms. The first kappa shape index (κ1) is 18.5. The Kier molecular flexibility index (Phi) is 5.58. The lowest BCUT2D eigenvalue weighted by molar-refractivity contribution is -0.125. The van der Waals surface area contributed by atoms with E-state index in [9.17, 15) is 9.59 Å². The summed E-state index contributed by atoms with van der Waals surface area (Å²) < 4.78 is 11.2. The van der Waals surface area contributed by atoms with Crippen molar-refractivity contribution >= 4 is 17.5 Å². The molecule has 146 valence electrons. The summed E-state index contributed by atoms with van der Waals surface area (Å²) in [6.45, 7) is 1.30. The largest absolute Gasteiger partial charge is 0.457 e. The third-order valence-corrected chi connectivity index (χ3v) is 5.09. The standard InChI is InChI=1S/C22H24N2O4/c25-21(23-14-18-7-4-12-27-18)19-13-20(19)22(26)24-15-8-10-17(11-9-15)28-16-5-2-1-3-6-16/h1-3,5-6,8-11,18-20H,4,7,12-14H2,(H,23,25)(H,24,26). The summed E-state index contributed by atoms with van der Waals surface area (Å²) in [5.74, 6) is 0.791. The zero-order valence-corrected chi connectivity index (χ0v) is 15.6. The molecule has 28 heavy (non-hydrogen) atoms. The van der Waals surface area contributed by atoms with Crippen LogP contribution in [-0.2, 0) is 14.3 Å². The SMILES string of the molecule is O=C(NCC1CCCO1)C1CC1C(=O)Nc1ccc(Oc2ccccc2)cc1. The van der Waals surface area contributed by atoms with Crippen LogP contribution in [0.1, 0.15) is 19.3 Å². The number of amides is 2. The van der Waals surface area contributed by atoms with Crippen molar-refractivity contribution in [3.63, 3.8) is 0 Å². The van der Waals surface area contributed by atoms with Crippen LogP contribution in [-0.4, -0.2) is 31.1 Å². The number of carbonyl (C=O) groups excluding carboxylic acids is 2. The van der Waals surface area contributed by atoms with E-state index in [4.69, 9.17) is 9.47 Å². The van der Waals surface area contributed by atoms with Crippen molar-refractivity contribution in [2.75, 3.05) is 18.5 Å². The van der Waals surface area contributed by atoms with Gasteiger partial charge in [-0.15, -0.1) is 0 Å². The van der Waals surface area contributed by atoms with E-state index in [0.717, 1.165) is 25.2 Å². The molecule has 0 spiro atoms. The first-order chi connectivity index (χ1) is 13.7. The van der Waals surface area contributed by atoms with Crippen molar-refractivity contribution in [3.8, 4) is 11.5 Å². The van der Waals surface area contributed by atoms with Crippen LogP contribution in [0.2, 0.25) is 0 Å². The maximum atomic E-state index is 12.4. The van der Waals surface area contributed by atoms with E-state index in [1.165, 1.54) is 0 Å². The number of para-hydroxylation sites is 1. The summed E-state index contributed by atoms with van der Waals surface area (Å²) in [6, 6.07) is 16.7. The molecule has 2 N–H and O–H groups in total. The van der Waals surface area contributed by atoms with E-state index in [1.54, 1.807) is 24.3 Å². The third kappa shape index (κ3) is 4.70. The molecule has 3 atom stereocenters. The molecule has 2 amide bonds. The lowest BCUT2D eigenvalue weighted by Gasteiger charge is -2.11. The van der Waals surface area contributed by atoms with Gasteiger partial charge in [-0.05, 0) is 55.7 Å². The van der Waals surface area contributed by atoms with Crippen molar-refractivity contribution in [2.24, 2.45) is 11.8 Å². The van der Waals surface area contributed by atoms with E-state index in [2.05, 4.69) is 10.6 Å². The number of benzene rings is 2. The third-order valence-electron chi connectivity index (χ3n) is 5.09. The molecule has 2 fully saturated rings. The second-order valence-electron chi connectivity index (χ2n) is 7.26. The van der Waals surface area contributed by atoms with Crippen molar-refractivity contribution in [1.29, 1.82) is 0 Å². The molecule has 1 aliphatic heterocycles. The predicted octanol–water partition coefficient (Wildman–Crippen LogP) is 3.35. The molecule has 4 rings (SSSR count). The zero-order valence-electron chi connectivity index (χ0n) is 15.6. The van der Waals surface area contributed by atoms with Crippen molar-refractivity contribution in [2.45, 2.75) is 25.4 Å². The predicted molar refractivity (Wildman–Crippen MR) is 105 cm³/mol. The van der Waals surface area contributed by atoms with Crippen LogP contribution in [0.25, 0.3) is 0 Å². The van der Waals surface area contributed by atoms with Gasteiger partial charge in [-0.25, -0.2) is 0 Å². The van der Waals surface area contributed by atoms with Gasteiger partial charge in [-0.2, -0.15) is 0 Å². The normalized spacial score (nSPS) is 23.1. The van der Waals surface area contributed by atoms with Crippen LogP contribution >= 0.6 is 0 Å². The Balaban J connectivity index is 1.23. The van der Waals surface area contributed by atoms with Crippen LogP contribution in [0.3, 0.4) is 0 Å². The Morgan fingerprint density at radius 2 is 1.68 bits per heavy atom. The summed E-state index contributed by atoms with van der Waals surface area (Å²) >= 11 is 0. The molecular weight excluding hydrogens is 356 g/mol. The lowest BCUT2D eigenvalue weighted by Crippen LogP contribution is -2.33. The van der Waals surface area contributed by atoms with Crippen molar-refractivity contribution < 1.29 is 19.1 Å². The Hall–Kier alpha value is -2.86.